The molecule has 0 amide bonds. The van der Waals surface area contributed by atoms with Crippen molar-refractivity contribution in [3.05, 3.63) is 42.2 Å². The highest BCUT2D eigenvalue weighted by atomic mass is 32.1. The summed E-state index contributed by atoms with van der Waals surface area (Å²) in [7, 11) is 2.01. The molecule has 0 aliphatic heterocycles. The van der Waals surface area contributed by atoms with Crippen molar-refractivity contribution < 1.29 is 4.74 Å². The summed E-state index contributed by atoms with van der Waals surface area (Å²) >= 11 is 1.58. The van der Waals surface area contributed by atoms with Gasteiger partial charge in [0.25, 0.3) is 0 Å². The summed E-state index contributed by atoms with van der Waals surface area (Å²) in [6.07, 6.45) is 1.93. The highest BCUT2D eigenvalue weighted by Crippen LogP contribution is 2.21. The standard InChI is InChI=1S/C14H16N4OS/c1-11-10-18-13(15-11)20-14(16-18)17(2)8-9-19-12-6-4-3-5-7-12/h3-7,10H,8-9H2,1-2H3. The number of aryl methyl sites for hydroxylation is 1. The van der Waals surface area contributed by atoms with E-state index < -0.39 is 0 Å². The molecule has 0 bridgehead atoms. The van der Waals surface area contributed by atoms with Crippen LogP contribution in [0.5, 0.6) is 5.75 Å². The fourth-order valence-electron chi connectivity index (χ4n) is 1.87. The van der Waals surface area contributed by atoms with Crippen LogP contribution in [0.3, 0.4) is 0 Å². The number of likely N-dealkylation sites (N-methyl/N-ethyl adjacent to an activating group) is 1. The summed E-state index contributed by atoms with van der Waals surface area (Å²) in [6, 6.07) is 9.83. The SMILES string of the molecule is Cc1cn2nc(N(C)CCOc3ccccc3)sc2n1. The van der Waals surface area contributed by atoms with E-state index in [2.05, 4.69) is 15.0 Å². The van der Waals surface area contributed by atoms with Crippen molar-refractivity contribution in [2.24, 2.45) is 0 Å². The molecule has 1 aromatic carbocycles. The molecule has 5 nitrogen and oxygen atoms in total. The molecule has 0 N–H and O–H groups in total. The molecule has 0 atom stereocenters. The van der Waals surface area contributed by atoms with Gasteiger partial charge in [-0.1, -0.05) is 29.5 Å². The number of imidazole rings is 1. The molecule has 2 heterocycles. The second-order valence-electron chi connectivity index (χ2n) is 4.58. The Labute approximate surface area is 121 Å². The zero-order valence-electron chi connectivity index (χ0n) is 11.5. The van der Waals surface area contributed by atoms with Gasteiger partial charge in [-0.05, 0) is 19.1 Å². The minimum atomic E-state index is 0.626. The maximum atomic E-state index is 5.69. The van der Waals surface area contributed by atoms with Crippen LogP contribution < -0.4 is 9.64 Å². The van der Waals surface area contributed by atoms with Crippen LogP contribution in [0.15, 0.2) is 36.5 Å². The molecule has 2 aromatic heterocycles. The monoisotopic (exact) mass is 288 g/mol. The first-order chi connectivity index (χ1) is 9.72. The molecule has 0 radical (unpaired) electrons. The van der Waals surface area contributed by atoms with Crippen molar-refractivity contribution in [1.82, 2.24) is 14.6 Å². The molecule has 0 saturated heterocycles. The van der Waals surface area contributed by atoms with E-state index >= 15 is 0 Å². The largest absolute Gasteiger partial charge is 0.492 e. The van der Waals surface area contributed by atoms with Gasteiger partial charge in [0.2, 0.25) is 10.1 Å². The Hall–Kier alpha value is -2.08. The van der Waals surface area contributed by atoms with E-state index in [-0.39, 0.29) is 0 Å². The number of hydrogen-bond donors (Lipinski definition) is 0. The van der Waals surface area contributed by atoms with Crippen LogP contribution in [0, 0.1) is 6.92 Å². The van der Waals surface area contributed by atoms with Crippen LogP contribution >= 0.6 is 11.3 Å². The Balaban J connectivity index is 1.58. The first-order valence-corrected chi connectivity index (χ1v) is 7.26. The zero-order valence-corrected chi connectivity index (χ0v) is 12.3. The van der Waals surface area contributed by atoms with Gasteiger partial charge >= 0.3 is 0 Å². The van der Waals surface area contributed by atoms with Crippen molar-refractivity contribution in [2.45, 2.75) is 6.92 Å². The lowest BCUT2D eigenvalue weighted by molar-refractivity contribution is 0.326. The Bertz CT molecular complexity index is 660. The van der Waals surface area contributed by atoms with E-state index in [4.69, 9.17) is 4.74 Å². The van der Waals surface area contributed by atoms with Gasteiger partial charge < -0.3 is 9.64 Å². The summed E-state index contributed by atoms with van der Waals surface area (Å²) in [4.78, 5) is 7.41. The van der Waals surface area contributed by atoms with E-state index in [0.717, 1.165) is 28.1 Å². The predicted octanol–water partition coefficient (Wildman–Crippen LogP) is 2.61. The minimum Gasteiger partial charge on any atom is -0.492 e. The number of benzene rings is 1. The number of anilines is 1. The lowest BCUT2D eigenvalue weighted by atomic mass is 10.3. The maximum absolute atomic E-state index is 5.69. The number of aromatic nitrogens is 3. The van der Waals surface area contributed by atoms with Crippen LogP contribution in [0.25, 0.3) is 4.96 Å². The number of ether oxygens (including phenoxy) is 1. The lowest BCUT2D eigenvalue weighted by Gasteiger charge is -2.15. The molecule has 3 aromatic rings. The molecule has 0 unspecified atom stereocenters. The summed E-state index contributed by atoms with van der Waals surface area (Å²) < 4.78 is 7.51. The van der Waals surface area contributed by atoms with Crippen molar-refractivity contribution in [2.75, 3.05) is 25.1 Å². The van der Waals surface area contributed by atoms with E-state index in [1.54, 1.807) is 11.3 Å². The van der Waals surface area contributed by atoms with Crippen molar-refractivity contribution in [3.8, 4) is 5.75 Å². The second-order valence-corrected chi connectivity index (χ2v) is 5.51. The number of para-hydroxylation sites is 1. The molecule has 0 aliphatic rings. The van der Waals surface area contributed by atoms with Gasteiger partial charge in [-0.25, -0.2) is 9.50 Å². The molecule has 20 heavy (non-hydrogen) atoms. The summed E-state index contributed by atoms with van der Waals surface area (Å²) in [5.41, 5.74) is 0.991. The first kappa shape index (κ1) is 12.9. The lowest BCUT2D eigenvalue weighted by Crippen LogP contribution is -2.23. The van der Waals surface area contributed by atoms with Gasteiger partial charge in [0.1, 0.15) is 12.4 Å². The normalized spacial score (nSPS) is 10.9. The molecule has 6 heteroatoms. The second kappa shape index (κ2) is 5.50. The minimum absolute atomic E-state index is 0.626. The quantitative estimate of drug-likeness (QED) is 0.724. The first-order valence-electron chi connectivity index (χ1n) is 6.44. The third kappa shape index (κ3) is 2.75. The Morgan fingerprint density at radius 3 is 2.85 bits per heavy atom. The van der Waals surface area contributed by atoms with Gasteiger partial charge in [-0.3, -0.25) is 0 Å². The van der Waals surface area contributed by atoms with Gasteiger partial charge in [-0.15, -0.1) is 5.10 Å². The molecule has 0 fully saturated rings. The van der Waals surface area contributed by atoms with Gasteiger partial charge in [0.05, 0.1) is 18.4 Å². The van der Waals surface area contributed by atoms with Gasteiger partial charge in [0.15, 0.2) is 0 Å². The highest BCUT2D eigenvalue weighted by Gasteiger charge is 2.10. The smallest absolute Gasteiger partial charge is 0.214 e. The molecule has 0 aliphatic carbocycles. The van der Waals surface area contributed by atoms with Crippen LogP contribution in [-0.2, 0) is 0 Å². The van der Waals surface area contributed by atoms with Crippen LogP contribution in [0.4, 0.5) is 5.13 Å². The summed E-state index contributed by atoms with van der Waals surface area (Å²) in [5.74, 6) is 0.894. The summed E-state index contributed by atoms with van der Waals surface area (Å²) in [6.45, 7) is 3.38. The molecule has 104 valence electrons. The summed E-state index contributed by atoms with van der Waals surface area (Å²) in [5, 5.41) is 5.45. The van der Waals surface area contributed by atoms with Crippen LogP contribution in [0.2, 0.25) is 0 Å². The average Bonchev–Trinajstić information content (AvgIpc) is 2.97. The number of hydrogen-bond acceptors (Lipinski definition) is 5. The zero-order chi connectivity index (χ0) is 13.9. The van der Waals surface area contributed by atoms with Gasteiger partial charge in [0, 0.05) is 7.05 Å². The Morgan fingerprint density at radius 2 is 2.10 bits per heavy atom. The maximum Gasteiger partial charge on any atom is 0.214 e. The average molecular weight is 288 g/mol. The number of fused-ring (bicyclic) bond motifs is 1. The Morgan fingerprint density at radius 1 is 1.30 bits per heavy atom. The molecular weight excluding hydrogens is 272 g/mol. The molecule has 0 spiro atoms. The van der Waals surface area contributed by atoms with Gasteiger partial charge in [-0.2, -0.15) is 0 Å². The van der Waals surface area contributed by atoms with Crippen molar-refractivity contribution >= 4 is 21.4 Å². The third-order valence-electron chi connectivity index (χ3n) is 2.92. The van der Waals surface area contributed by atoms with Crippen molar-refractivity contribution in [3.63, 3.8) is 0 Å². The van der Waals surface area contributed by atoms with E-state index in [9.17, 15) is 0 Å². The van der Waals surface area contributed by atoms with E-state index in [1.165, 1.54) is 0 Å². The van der Waals surface area contributed by atoms with Crippen LogP contribution in [0.1, 0.15) is 5.69 Å². The highest BCUT2D eigenvalue weighted by molar-refractivity contribution is 7.20. The number of nitrogens with zero attached hydrogens (tertiary/aromatic N) is 4. The third-order valence-corrected chi connectivity index (χ3v) is 3.95. The fourth-order valence-corrected chi connectivity index (χ4v) is 2.78. The van der Waals surface area contributed by atoms with Crippen molar-refractivity contribution in [1.29, 1.82) is 0 Å². The molecule has 3 rings (SSSR count). The predicted molar refractivity (Wildman–Crippen MR) is 80.8 cm³/mol. The number of rotatable bonds is 5. The molecular formula is C14H16N4OS. The Kier molecular flexibility index (Phi) is 3.56. The molecule has 0 saturated carbocycles. The van der Waals surface area contributed by atoms with Crippen LogP contribution in [-0.4, -0.2) is 34.8 Å². The topological polar surface area (TPSA) is 42.7 Å². The van der Waals surface area contributed by atoms with E-state index in [1.807, 2.05) is 55.0 Å². The fraction of sp³-hybridized carbons (Fsp3) is 0.286. The van der Waals surface area contributed by atoms with E-state index in [0.29, 0.717) is 6.61 Å².